The molecule has 0 bridgehead atoms. The maximum atomic E-state index is 12.4. The number of amides is 1. The van der Waals surface area contributed by atoms with Crippen molar-refractivity contribution in [1.29, 1.82) is 0 Å². The molecule has 5 heteroatoms. The van der Waals surface area contributed by atoms with Gasteiger partial charge in [0.25, 0.3) is 0 Å². The van der Waals surface area contributed by atoms with Gasteiger partial charge in [0.15, 0.2) is 0 Å². The molecule has 2 aliphatic rings. The van der Waals surface area contributed by atoms with E-state index in [1.807, 2.05) is 12.1 Å². The summed E-state index contributed by atoms with van der Waals surface area (Å²) in [6, 6.07) is 8.67. The fourth-order valence-electron chi connectivity index (χ4n) is 4.08. The minimum Gasteiger partial charge on any atom is -0.497 e. The van der Waals surface area contributed by atoms with E-state index in [9.17, 15) is 4.79 Å². The van der Waals surface area contributed by atoms with Crippen LogP contribution in [-0.4, -0.2) is 61.6 Å². The zero-order valence-corrected chi connectivity index (χ0v) is 16.2. The maximum Gasteiger partial charge on any atom is 0.234 e. The average molecular weight is 360 g/mol. The van der Waals surface area contributed by atoms with E-state index in [1.54, 1.807) is 7.11 Å². The van der Waals surface area contributed by atoms with Gasteiger partial charge in [-0.2, -0.15) is 0 Å². The molecule has 144 valence electrons. The molecule has 0 spiro atoms. The number of ether oxygens (including phenoxy) is 1. The Morgan fingerprint density at radius 1 is 1.08 bits per heavy atom. The lowest BCUT2D eigenvalue weighted by Gasteiger charge is -2.35. The molecule has 26 heavy (non-hydrogen) atoms. The normalized spacial score (nSPS) is 25.0. The topological polar surface area (TPSA) is 44.8 Å². The Hall–Kier alpha value is -1.59. The highest BCUT2D eigenvalue weighted by Gasteiger charge is 2.24. The molecule has 1 aromatic carbocycles. The highest BCUT2D eigenvalue weighted by Crippen LogP contribution is 2.23. The number of nitrogens with zero attached hydrogens (tertiary/aromatic N) is 2. The lowest BCUT2D eigenvalue weighted by atomic mass is 9.86. The van der Waals surface area contributed by atoms with E-state index >= 15 is 0 Å². The number of rotatable bonds is 6. The van der Waals surface area contributed by atoms with Crippen molar-refractivity contribution in [2.75, 3.05) is 39.8 Å². The number of benzene rings is 1. The molecule has 1 aromatic rings. The number of hydrogen-bond acceptors (Lipinski definition) is 4. The van der Waals surface area contributed by atoms with Crippen LogP contribution in [0.4, 0.5) is 0 Å². The SMILES string of the molecule is COc1ccc(CN2CCN(CC(=O)N[C@@H]3CCCC[C@H]3C)CC2)cc1. The van der Waals surface area contributed by atoms with Crippen LogP contribution in [0, 0.1) is 5.92 Å². The van der Waals surface area contributed by atoms with Crippen LogP contribution in [0.2, 0.25) is 0 Å². The molecule has 1 amide bonds. The van der Waals surface area contributed by atoms with E-state index in [0.29, 0.717) is 18.5 Å². The lowest BCUT2D eigenvalue weighted by Crippen LogP contribution is -2.51. The van der Waals surface area contributed by atoms with E-state index in [2.05, 4.69) is 34.2 Å². The van der Waals surface area contributed by atoms with Gasteiger partial charge in [-0.05, 0) is 36.5 Å². The predicted octanol–water partition coefficient (Wildman–Crippen LogP) is 2.51. The predicted molar refractivity (Wildman–Crippen MR) is 104 cm³/mol. The van der Waals surface area contributed by atoms with Gasteiger partial charge in [-0.15, -0.1) is 0 Å². The third-order valence-electron chi connectivity index (χ3n) is 5.86. The molecule has 0 aromatic heterocycles. The van der Waals surface area contributed by atoms with Crippen LogP contribution in [0.1, 0.15) is 38.2 Å². The summed E-state index contributed by atoms with van der Waals surface area (Å²) in [5, 5.41) is 3.27. The first kappa shape index (κ1) is 19.2. The van der Waals surface area contributed by atoms with Crippen LogP contribution in [0.15, 0.2) is 24.3 Å². The minimum absolute atomic E-state index is 0.201. The third kappa shape index (κ3) is 5.45. The molecule has 1 saturated carbocycles. The van der Waals surface area contributed by atoms with Gasteiger partial charge >= 0.3 is 0 Å². The van der Waals surface area contributed by atoms with E-state index in [1.165, 1.54) is 24.8 Å². The quantitative estimate of drug-likeness (QED) is 0.848. The highest BCUT2D eigenvalue weighted by molar-refractivity contribution is 5.78. The summed E-state index contributed by atoms with van der Waals surface area (Å²) in [6.07, 6.45) is 4.94. The maximum absolute atomic E-state index is 12.4. The van der Waals surface area contributed by atoms with Gasteiger partial charge in [-0.25, -0.2) is 0 Å². The van der Waals surface area contributed by atoms with Gasteiger partial charge in [-0.1, -0.05) is 31.9 Å². The molecule has 2 fully saturated rings. The number of carbonyl (C=O) groups is 1. The van der Waals surface area contributed by atoms with Crippen LogP contribution in [0.3, 0.4) is 0 Å². The molecule has 1 heterocycles. The van der Waals surface area contributed by atoms with Crippen LogP contribution >= 0.6 is 0 Å². The number of piperazine rings is 1. The lowest BCUT2D eigenvalue weighted by molar-refractivity contribution is -0.124. The van der Waals surface area contributed by atoms with Crippen molar-refractivity contribution in [3.8, 4) is 5.75 Å². The van der Waals surface area contributed by atoms with Gasteiger partial charge in [-0.3, -0.25) is 14.6 Å². The molecule has 2 atom stereocenters. The second kappa shape index (κ2) is 9.38. The van der Waals surface area contributed by atoms with Crippen molar-refractivity contribution in [2.45, 2.75) is 45.2 Å². The molecule has 0 unspecified atom stereocenters. The van der Waals surface area contributed by atoms with Crippen molar-refractivity contribution in [3.63, 3.8) is 0 Å². The van der Waals surface area contributed by atoms with Gasteiger partial charge in [0, 0.05) is 38.8 Å². The van der Waals surface area contributed by atoms with E-state index < -0.39 is 0 Å². The van der Waals surface area contributed by atoms with E-state index in [0.717, 1.165) is 44.9 Å². The van der Waals surface area contributed by atoms with Crippen LogP contribution in [0.25, 0.3) is 0 Å². The summed E-state index contributed by atoms with van der Waals surface area (Å²) >= 11 is 0. The largest absolute Gasteiger partial charge is 0.497 e. The molecule has 1 aliphatic carbocycles. The summed E-state index contributed by atoms with van der Waals surface area (Å²) in [6.45, 7) is 7.72. The Bertz CT molecular complexity index is 567. The third-order valence-corrected chi connectivity index (χ3v) is 5.86. The minimum atomic E-state index is 0.201. The van der Waals surface area contributed by atoms with Gasteiger partial charge in [0.2, 0.25) is 5.91 Å². The molecular weight excluding hydrogens is 326 g/mol. The highest BCUT2D eigenvalue weighted by atomic mass is 16.5. The molecule has 1 N–H and O–H groups in total. The van der Waals surface area contributed by atoms with E-state index in [-0.39, 0.29) is 5.91 Å². The Morgan fingerprint density at radius 2 is 1.73 bits per heavy atom. The summed E-state index contributed by atoms with van der Waals surface area (Å²) < 4.78 is 5.21. The summed E-state index contributed by atoms with van der Waals surface area (Å²) in [5.74, 6) is 1.72. The number of methoxy groups -OCH3 is 1. The van der Waals surface area contributed by atoms with Crippen LogP contribution in [0.5, 0.6) is 5.75 Å². The number of nitrogens with one attached hydrogen (secondary N) is 1. The first-order valence-electron chi connectivity index (χ1n) is 10.0. The second-order valence-corrected chi connectivity index (χ2v) is 7.84. The van der Waals surface area contributed by atoms with Crippen molar-refractivity contribution in [2.24, 2.45) is 5.92 Å². The van der Waals surface area contributed by atoms with Crippen molar-refractivity contribution >= 4 is 5.91 Å². The summed E-state index contributed by atoms with van der Waals surface area (Å²) in [5.41, 5.74) is 1.31. The van der Waals surface area contributed by atoms with Crippen LogP contribution < -0.4 is 10.1 Å². The van der Waals surface area contributed by atoms with Gasteiger partial charge in [0.1, 0.15) is 5.75 Å². The van der Waals surface area contributed by atoms with Gasteiger partial charge in [0.05, 0.1) is 13.7 Å². The summed E-state index contributed by atoms with van der Waals surface area (Å²) in [7, 11) is 1.69. The molecule has 3 rings (SSSR count). The van der Waals surface area contributed by atoms with Crippen molar-refractivity contribution < 1.29 is 9.53 Å². The Balaban J connectivity index is 1.38. The Labute approximate surface area is 157 Å². The zero-order valence-electron chi connectivity index (χ0n) is 16.2. The Morgan fingerprint density at radius 3 is 2.38 bits per heavy atom. The molecular formula is C21H33N3O2. The Kier molecular flexibility index (Phi) is 6.92. The van der Waals surface area contributed by atoms with Crippen molar-refractivity contribution in [1.82, 2.24) is 15.1 Å². The molecule has 0 radical (unpaired) electrons. The fourth-order valence-corrected chi connectivity index (χ4v) is 4.08. The fraction of sp³-hybridized carbons (Fsp3) is 0.667. The molecule has 5 nitrogen and oxygen atoms in total. The average Bonchev–Trinajstić information content (AvgIpc) is 2.66. The number of carbonyl (C=O) groups excluding carboxylic acids is 1. The summed E-state index contributed by atoms with van der Waals surface area (Å²) in [4.78, 5) is 17.1. The second-order valence-electron chi connectivity index (χ2n) is 7.84. The van der Waals surface area contributed by atoms with E-state index in [4.69, 9.17) is 4.74 Å². The van der Waals surface area contributed by atoms with Crippen LogP contribution in [-0.2, 0) is 11.3 Å². The number of hydrogen-bond donors (Lipinski definition) is 1. The standard InChI is InChI=1S/C21H33N3O2/c1-17-5-3-4-6-20(17)22-21(25)16-24-13-11-23(12-14-24)15-18-7-9-19(26-2)10-8-18/h7-10,17,20H,3-6,11-16H2,1-2H3,(H,22,25)/t17-,20-/m1/s1. The molecule has 1 saturated heterocycles. The first-order valence-corrected chi connectivity index (χ1v) is 10.0. The monoisotopic (exact) mass is 359 g/mol. The smallest absolute Gasteiger partial charge is 0.234 e. The van der Waals surface area contributed by atoms with Crippen molar-refractivity contribution in [3.05, 3.63) is 29.8 Å². The van der Waals surface area contributed by atoms with Gasteiger partial charge < -0.3 is 10.1 Å². The molecule has 1 aliphatic heterocycles. The zero-order chi connectivity index (χ0) is 18.4. The first-order chi connectivity index (χ1) is 12.6.